The largest absolute Gasteiger partial charge is 0.365 e. The van der Waals surface area contributed by atoms with Gasteiger partial charge in [-0.1, -0.05) is 0 Å². The third kappa shape index (κ3) is 7.12. The van der Waals surface area contributed by atoms with Crippen LogP contribution in [0.1, 0.15) is 63.4 Å². The van der Waals surface area contributed by atoms with E-state index in [-0.39, 0.29) is 67.9 Å². The zero-order chi connectivity index (χ0) is 43.0. The fourth-order valence-electron chi connectivity index (χ4n) is 9.74. The van der Waals surface area contributed by atoms with Crippen LogP contribution in [0.3, 0.4) is 0 Å². The van der Waals surface area contributed by atoms with Gasteiger partial charge < -0.3 is 15.1 Å². The van der Waals surface area contributed by atoms with Crippen LogP contribution in [0.2, 0.25) is 0 Å². The number of aromatic nitrogens is 4. The molecule has 1 atom stereocenters. The lowest BCUT2D eigenvalue weighted by molar-refractivity contribution is -0.136. The van der Waals surface area contributed by atoms with Crippen molar-refractivity contribution in [2.24, 2.45) is 0 Å². The number of fused-ring (bicyclic) bond motifs is 3. The number of piperidine rings is 2. The third-order valence-electron chi connectivity index (χ3n) is 12.9. The summed E-state index contributed by atoms with van der Waals surface area (Å²) in [5, 5.41) is 11.6. The van der Waals surface area contributed by atoms with Gasteiger partial charge in [-0.25, -0.2) is 13.8 Å². The SMILES string of the molecule is Cc1cc(C)c(-c2cc3cc(Nc4cc5n(n4)CC(=O)N(C4CCN(CC6(F)CN(c7ccc8c(c7)C(=O)N(C7CCC(=O)NC7=O)C8=O)C6)CC4)CC5)ncc3cc2F)cn1. The van der Waals surface area contributed by atoms with Crippen LogP contribution < -0.4 is 15.5 Å². The number of halogens is 2. The number of nitrogens with zero attached hydrogens (tertiary/aromatic N) is 8. The second-order valence-corrected chi connectivity index (χ2v) is 17.2. The van der Waals surface area contributed by atoms with Gasteiger partial charge in [-0.05, 0) is 86.5 Å². The summed E-state index contributed by atoms with van der Waals surface area (Å²) in [4.78, 5) is 79.7. The van der Waals surface area contributed by atoms with E-state index in [0.29, 0.717) is 54.3 Å². The summed E-state index contributed by atoms with van der Waals surface area (Å²) < 4.78 is 33.0. The van der Waals surface area contributed by atoms with Crippen LogP contribution in [0.5, 0.6) is 0 Å². The van der Waals surface area contributed by atoms with E-state index >= 15 is 8.78 Å². The van der Waals surface area contributed by atoms with Crippen molar-refractivity contribution < 1.29 is 32.8 Å². The van der Waals surface area contributed by atoms with E-state index in [9.17, 15) is 24.0 Å². The molecule has 3 aromatic heterocycles. The fraction of sp³-hybridized carbons (Fsp3) is 0.378. The maximum absolute atomic E-state index is 16.1. The molecule has 318 valence electrons. The number of amides is 5. The van der Waals surface area contributed by atoms with Crippen molar-refractivity contribution in [3.05, 3.63) is 94.8 Å². The molecule has 2 N–H and O–H groups in total. The van der Waals surface area contributed by atoms with Crippen molar-refractivity contribution >= 4 is 57.6 Å². The Balaban J connectivity index is 0.720. The Morgan fingerprint density at radius 2 is 1.60 bits per heavy atom. The average Bonchev–Trinajstić information content (AvgIpc) is 3.66. The van der Waals surface area contributed by atoms with Crippen LogP contribution in [0, 0.1) is 19.7 Å². The van der Waals surface area contributed by atoms with Crippen LogP contribution in [0.15, 0.2) is 60.9 Å². The van der Waals surface area contributed by atoms with Crippen LogP contribution in [0.25, 0.3) is 21.9 Å². The molecule has 5 amide bonds. The summed E-state index contributed by atoms with van der Waals surface area (Å²) in [6, 6.07) is 12.8. The molecule has 10 rings (SSSR count). The molecule has 5 aliphatic heterocycles. The number of benzene rings is 2. The summed E-state index contributed by atoms with van der Waals surface area (Å²) in [7, 11) is 0. The molecule has 0 spiro atoms. The molecule has 1 unspecified atom stereocenters. The molecular formula is C45H44F2N10O5. The standard InChI is InChI=1S/C45H44F2N10O5/c1-25-13-26(2)48-20-35(25)33-14-27-16-38(49-19-28(27)15-36(33)46)50-39-18-31-9-12-55(41(59)21-56(31)52-39)29-7-10-53(11-8-29)22-45(47)23-54(24-45)30-3-4-32-34(17-30)44(62)57(43(32)61)37-5-6-40(58)51-42(37)60/h3-4,13-20,29,37H,5-12,21-24H2,1-2H3,(H,49,50,52)(H,51,58,60). The lowest BCUT2D eigenvalue weighted by Crippen LogP contribution is -2.64. The van der Waals surface area contributed by atoms with E-state index in [0.717, 1.165) is 45.6 Å². The molecule has 0 bridgehead atoms. The topological polar surface area (TPSA) is 166 Å². The average molecular weight is 843 g/mol. The Hall–Kier alpha value is -6.62. The molecule has 3 fully saturated rings. The lowest BCUT2D eigenvalue weighted by atomic mass is 9.92. The molecule has 8 heterocycles. The molecule has 17 heteroatoms. The Labute approximate surface area is 355 Å². The van der Waals surface area contributed by atoms with Crippen molar-refractivity contribution in [3.63, 3.8) is 0 Å². The highest BCUT2D eigenvalue weighted by Gasteiger charge is 2.48. The van der Waals surface area contributed by atoms with Gasteiger partial charge in [0.1, 0.15) is 24.2 Å². The summed E-state index contributed by atoms with van der Waals surface area (Å²) in [5.74, 6) is -1.52. The number of pyridine rings is 2. The number of nitrogens with one attached hydrogen (secondary N) is 2. The van der Waals surface area contributed by atoms with Gasteiger partial charge in [-0.2, -0.15) is 5.10 Å². The molecule has 5 aromatic rings. The second kappa shape index (κ2) is 15.1. The van der Waals surface area contributed by atoms with Crippen LogP contribution >= 0.6 is 0 Å². The molecule has 2 aromatic carbocycles. The maximum Gasteiger partial charge on any atom is 0.262 e. The van der Waals surface area contributed by atoms with Crippen molar-refractivity contribution in [3.8, 4) is 11.1 Å². The zero-order valence-corrected chi connectivity index (χ0v) is 34.3. The number of rotatable bonds is 8. The van der Waals surface area contributed by atoms with Crippen LogP contribution in [-0.2, 0) is 27.3 Å². The molecular weight excluding hydrogens is 799 g/mol. The summed E-state index contributed by atoms with van der Waals surface area (Å²) in [6.45, 7) is 6.30. The molecule has 3 saturated heterocycles. The Morgan fingerprint density at radius 1 is 0.806 bits per heavy atom. The van der Waals surface area contributed by atoms with Gasteiger partial charge in [0, 0.05) is 97.1 Å². The molecule has 0 radical (unpaired) electrons. The second-order valence-electron chi connectivity index (χ2n) is 17.2. The number of likely N-dealkylation sites (tertiary alicyclic amines) is 1. The third-order valence-corrected chi connectivity index (χ3v) is 12.9. The lowest BCUT2D eigenvalue weighted by Gasteiger charge is -2.49. The highest BCUT2D eigenvalue weighted by molar-refractivity contribution is 6.23. The number of alkyl halides is 1. The molecule has 62 heavy (non-hydrogen) atoms. The van der Waals surface area contributed by atoms with Crippen molar-refractivity contribution in [1.82, 2.24) is 39.8 Å². The van der Waals surface area contributed by atoms with Gasteiger partial charge >= 0.3 is 0 Å². The van der Waals surface area contributed by atoms with E-state index in [1.807, 2.05) is 47.9 Å². The predicted molar refractivity (Wildman–Crippen MR) is 224 cm³/mol. The number of imide groups is 2. The van der Waals surface area contributed by atoms with E-state index < -0.39 is 35.3 Å². The normalized spacial score (nSPS) is 20.6. The van der Waals surface area contributed by atoms with Gasteiger partial charge in [-0.3, -0.25) is 48.8 Å². The van der Waals surface area contributed by atoms with Crippen molar-refractivity contribution in [2.75, 3.05) is 49.5 Å². The molecule has 0 aliphatic carbocycles. The van der Waals surface area contributed by atoms with Gasteiger partial charge in [0.25, 0.3) is 11.8 Å². The van der Waals surface area contributed by atoms with Gasteiger partial charge in [0.05, 0.1) is 24.2 Å². The number of anilines is 3. The predicted octanol–water partition coefficient (Wildman–Crippen LogP) is 4.47. The number of carbonyl (C=O) groups is 5. The quantitative estimate of drug-likeness (QED) is 0.212. The first-order valence-electron chi connectivity index (χ1n) is 21.0. The highest BCUT2D eigenvalue weighted by atomic mass is 19.1. The summed E-state index contributed by atoms with van der Waals surface area (Å²) >= 11 is 0. The number of hydrogen-bond acceptors (Lipinski definition) is 11. The number of aryl methyl sites for hydroxylation is 2. The smallest absolute Gasteiger partial charge is 0.262 e. The monoisotopic (exact) mass is 842 g/mol. The number of hydrogen-bond donors (Lipinski definition) is 2. The maximum atomic E-state index is 16.1. The minimum atomic E-state index is -1.47. The summed E-state index contributed by atoms with van der Waals surface area (Å²) in [5.41, 5.74) is 3.43. The molecule has 5 aliphatic rings. The highest BCUT2D eigenvalue weighted by Crippen LogP contribution is 2.37. The zero-order valence-electron chi connectivity index (χ0n) is 34.3. The minimum absolute atomic E-state index is 0.0116. The van der Waals surface area contributed by atoms with E-state index in [4.69, 9.17) is 5.10 Å². The fourth-order valence-corrected chi connectivity index (χ4v) is 9.74. The summed E-state index contributed by atoms with van der Waals surface area (Å²) in [6.07, 6.45) is 5.51. The van der Waals surface area contributed by atoms with E-state index in [1.54, 1.807) is 35.3 Å². The van der Waals surface area contributed by atoms with Crippen LogP contribution in [0.4, 0.5) is 26.1 Å². The van der Waals surface area contributed by atoms with E-state index in [1.165, 1.54) is 6.07 Å². The first-order chi connectivity index (χ1) is 29.8. The minimum Gasteiger partial charge on any atom is -0.365 e. The first-order valence-corrected chi connectivity index (χ1v) is 21.0. The Kier molecular flexibility index (Phi) is 9.61. The van der Waals surface area contributed by atoms with Gasteiger partial charge in [-0.15, -0.1) is 0 Å². The molecule has 0 saturated carbocycles. The van der Waals surface area contributed by atoms with Crippen molar-refractivity contribution in [1.29, 1.82) is 0 Å². The van der Waals surface area contributed by atoms with Crippen LogP contribution in [-0.4, -0.2) is 121 Å². The molecule has 15 nitrogen and oxygen atoms in total. The van der Waals surface area contributed by atoms with Crippen molar-refractivity contribution in [2.45, 2.75) is 70.2 Å². The Bertz CT molecular complexity index is 2720. The van der Waals surface area contributed by atoms with E-state index in [2.05, 4.69) is 25.5 Å². The first kappa shape index (κ1) is 39.5. The number of carbonyl (C=O) groups excluding carboxylic acids is 5. The van der Waals surface area contributed by atoms with Gasteiger partial charge in [0.15, 0.2) is 11.5 Å². The Morgan fingerprint density at radius 3 is 2.37 bits per heavy atom. The van der Waals surface area contributed by atoms with Gasteiger partial charge in [0.2, 0.25) is 17.7 Å².